The number of nitrogens with one attached hydrogen (secondary N) is 1. The van der Waals surface area contributed by atoms with Gasteiger partial charge in [-0.2, -0.15) is 0 Å². The van der Waals surface area contributed by atoms with Crippen LogP contribution in [0.15, 0.2) is 54.6 Å². The van der Waals surface area contributed by atoms with E-state index >= 15 is 0 Å². The Morgan fingerprint density at radius 1 is 1.10 bits per heavy atom. The fourth-order valence-corrected chi connectivity index (χ4v) is 6.67. The zero-order valence-electron chi connectivity index (χ0n) is 23.8. The lowest BCUT2D eigenvalue weighted by Crippen LogP contribution is -2.56. The first kappa shape index (κ1) is 29.0. The van der Waals surface area contributed by atoms with Gasteiger partial charge in [0.25, 0.3) is 0 Å². The zero-order valence-corrected chi connectivity index (χ0v) is 23.8. The van der Waals surface area contributed by atoms with Crippen LogP contribution in [0, 0.1) is 11.8 Å². The Balaban J connectivity index is 1.60. The van der Waals surface area contributed by atoms with Crippen molar-refractivity contribution in [2.24, 2.45) is 11.8 Å². The second-order valence-electron chi connectivity index (χ2n) is 11.5. The fraction of sp³-hybridized carbons (Fsp3) is 0.548. The van der Waals surface area contributed by atoms with Crippen LogP contribution < -0.4 is 5.32 Å². The van der Waals surface area contributed by atoms with Crippen molar-refractivity contribution in [1.29, 1.82) is 0 Å². The highest BCUT2D eigenvalue weighted by Crippen LogP contribution is 2.53. The molecule has 0 radical (unpaired) electrons. The number of allylic oxidation sites excluding steroid dienone is 1. The molecule has 2 N–H and O–H groups in total. The highest BCUT2D eigenvalue weighted by molar-refractivity contribution is 5.99. The summed E-state index contributed by atoms with van der Waals surface area (Å²) in [7, 11) is 0. The molecule has 1 aromatic carbocycles. The number of amides is 3. The van der Waals surface area contributed by atoms with Gasteiger partial charge in [-0.25, -0.2) is 0 Å². The number of esters is 1. The van der Waals surface area contributed by atoms with E-state index in [4.69, 9.17) is 9.47 Å². The largest absolute Gasteiger partial charge is 0.455 e. The van der Waals surface area contributed by atoms with Crippen LogP contribution in [0.25, 0.3) is 0 Å². The monoisotopic (exact) mass is 565 g/mol. The van der Waals surface area contributed by atoms with Gasteiger partial charge in [0.05, 0.1) is 18.1 Å². The predicted octanol–water partition coefficient (Wildman–Crippen LogP) is 1.90. The smallest absolute Gasteiger partial charge is 0.313 e. The van der Waals surface area contributed by atoms with Gasteiger partial charge in [0, 0.05) is 32.2 Å². The first-order chi connectivity index (χ1) is 19.7. The van der Waals surface area contributed by atoms with Crippen molar-refractivity contribution in [3.8, 4) is 0 Å². The SMILES string of the molecule is CC(C)N1CC=C[C@@]23O[C@H]4/C=C\CCC(=O)N[C@@H](C)[C@H](c5ccccc5)OC(=O)[C@H]4[C@@H]2C(=O)N(CCCO)[C@H]3C1=O. The predicted molar refractivity (Wildman–Crippen MR) is 149 cm³/mol. The Hall–Kier alpha value is -3.50. The van der Waals surface area contributed by atoms with Gasteiger partial charge < -0.3 is 29.7 Å². The number of carbonyl (C=O) groups excluding carboxylic acids is 4. The molecule has 7 atom stereocenters. The Kier molecular flexibility index (Phi) is 8.33. The molecule has 41 heavy (non-hydrogen) atoms. The average Bonchev–Trinajstić information content (AvgIpc) is 3.32. The normalized spacial score (nSPS) is 34.7. The molecule has 0 aliphatic carbocycles. The summed E-state index contributed by atoms with van der Waals surface area (Å²) in [5.41, 5.74) is -0.669. The zero-order chi connectivity index (χ0) is 29.3. The molecule has 4 heterocycles. The van der Waals surface area contributed by atoms with Crippen LogP contribution in [0.1, 0.15) is 51.7 Å². The van der Waals surface area contributed by atoms with Gasteiger partial charge >= 0.3 is 5.97 Å². The van der Waals surface area contributed by atoms with Crippen molar-refractivity contribution in [2.45, 2.75) is 76.0 Å². The Morgan fingerprint density at radius 2 is 1.85 bits per heavy atom. The molecule has 1 aromatic rings. The molecule has 4 aliphatic heterocycles. The van der Waals surface area contributed by atoms with E-state index < -0.39 is 47.7 Å². The molecule has 10 nitrogen and oxygen atoms in total. The van der Waals surface area contributed by atoms with Gasteiger partial charge in [-0.3, -0.25) is 19.2 Å². The van der Waals surface area contributed by atoms with Crippen LogP contribution in [0.4, 0.5) is 0 Å². The lowest BCUT2D eigenvalue weighted by molar-refractivity contribution is -0.161. The number of hydrogen-bond donors (Lipinski definition) is 2. The van der Waals surface area contributed by atoms with E-state index in [1.54, 1.807) is 30.1 Å². The van der Waals surface area contributed by atoms with E-state index in [9.17, 15) is 24.3 Å². The average molecular weight is 566 g/mol. The summed E-state index contributed by atoms with van der Waals surface area (Å²) in [6, 6.07) is 7.55. The number of rotatable bonds is 5. The molecule has 220 valence electrons. The van der Waals surface area contributed by atoms with E-state index in [1.807, 2.05) is 50.3 Å². The molecule has 5 rings (SSSR count). The lowest BCUT2D eigenvalue weighted by Gasteiger charge is -2.36. The Morgan fingerprint density at radius 3 is 2.56 bits per heavy atom. The number of hydrogen-bond acceptors (Lipinski definition) is 7. The molecule has 2 saturated heterocycles. The van der Waals surface area contributed by atoms with E-state index in [2.05, 4.69) is 5.32 Å². The minimum atomic E-state index is -1.38. The van der Waals surface area contributed by atoms with Crippen LogP contribution in [-0.4, -0.2) is 88.1 Å². The third-order valence-electron chi connectivity index (χ3n) is 8.56. The topological polar surface area (TPSA) is 125 Å². The molecule has 4 aliphatic rings. The van der Waals surface area contributed by atoms with Crippen LogP contribution in [0.3, 0.4) is 0 Å². The van der Waals surface area contributed by atoms with Crippen molar-refractivity contribution in [3.05, 3.63) is 60.2 Å². The lowest BCUT2D eigenvalue weighted by atomic mass is 9.77. The van der Waals surface area contributed by atoms with Crippen LogP contribution in [0.2, 0.25) is 0 Å². The van der Waals surface area contributed by atoms with Crippen molar-refractivity contribution < 1.29 is 33.8 Å². The van der Waals surface area contributed by atoms with Gasteiger partial charge in [0.1, 0.15) is 23.7 Å². The van der Waals surface area contributed by atoms with Crippen LogP contribution in [-0.2, 0) is 28.7 Å². The van der Waals surface area contributed by atoms with Gasteiger partial charge in [-0.15, -0.1) is 0 Å². The summed E-state index contributed by atoms with van der Waals surface area (Å²) in [5.74, 6) is -3.42. The second-order valence-corrected chi connectivity index (χ2v) is 11.5. The molecule has 10 heteroatoms. The summed E-state index contributed by atoms with van der Waals surface area (Å²) in [6.07, 6.45) is 6.45. The quantitative estimate of drug-likeness (QED) is 0.413. The van der Waals surface area contributed by atoms with Gasteiger partial charge in [0.2, 0.25) is 17.7 Å². The van der Waals surface area contributed by atoms with E-state index in [0.29, 0.717) is 18.5 Å². The first-order valence-electron chi connectivity index (χ1n) is 14.5. The molecule has 1 spiro atoms. The van der Waals surface area contributed by atoms with Gasteiger partial charge in [-0.05, 0) is 39.2 Å². The van der Waals surface area contributed by atoms with Crippen molar-refractivity contribution in [3.63, 3.8) is 0 Å². The van der Waals surface area contributed by atoms with Crippen molar-refractivity contribution in [2.75, 3.05) is 19.7 Å². The number of benzene rings is 1. The minimum Gasteiger partial charge on any atom is -0.455 e. The van der Waals surface area contributed by atoms with E-state index in [0.717, 1.165) is 0 Å². The number of ether oxygens (including phenoxy) is 2. The molecule has 0 bridgehead atoms. The molecule has 0 unspecified atom stereocenters. The maximum absolute atomic E-state index is 14.2. The highest BCUT2D eigenvalue weighted by atomic mass is 16.6. The van der Waals surface area contributed by atoms with Crippen LogP contribution >= 0.6 is 0 Å². The molecular weight excluding hydrogens is 526 g/mol. The molecule has 0 aromatic heterocycles. The fourth-order valence-electron chi connectivity index (χ4n) is 6.67. The van der Waals surface area contributed by atoms with Crippen molar-refractivity contribution >= 4 is 23.7 Å². The van der Waals surface area contributed by atoms with E-state index in [1.165, 1.54) is 4.90 Å². The third kappa shape index (κ3) is 5.19. The number of carbonyl (C=O) groups is 4. The Bertz CT molecular complexity index is 1230. The standard InChI is InChI=1S/C31H39N3O7/c1-19(2)33-16-9-15-31-25(28(37)34(17-10-18-35)27(31)29(33)38)24-22(41-31)13-7-8-14-23(36)32-20(3)26(40-30(24)39)21-11-5-4-6-12-21/h4-7,9,11-13,15,19-20,22,24-27,35H,8,10,14,16-18H2,1-3H3,(H,32,36)/b13-7-/t20-,22-,24+,25+,26+,27-,31+/m0/s1. The Labute approximate surface area is 240 Å². The maximum atomic E-state index is 14.2. The molecular formula is C31H39N3O7. The number of nitrogens with zero attached hydrogens (tertiary/aromatic N) is 2. The molecule has 2 fully saturated rings. The number of aliphatic hydroxyl groups is 1. The maximum Gasteiger partial charge on any atom is 0.313 e. The summed E-state index contributed by atoms with van der Waals surface area (Å²) in [6.45, 7) is 5.98. The van der Waals surface area contributed by atoms with Gasteiger partial charge in [-0.1, -0.05) is 54.6 Å². The third-order valence-corrected chi connectivity index (χ3v) is 8.56. The van der Waals surface area contributed by atoms with Crippen LogP contribution in [0.5, 0.6) is 0 Å². The minimum absolute atomic E-state index is 0.117. The number of cyclic esters (lactones) is 1. The first-order valence-corrected chi connectivity index (χ1v) is 14.5. The second kappa shape index (κ2) is 11.8. The summed E-state index contributed by atoms with van der Waals surface area (Å²) in [4.78, 5) is 58.2. The number of aliphatic hydroxyl groups excluding tert-OH is 1. The van der Waals surface area contributed by atoms with E-state index in [-0.39, 0.29) is 49.8 Å². The summed E-state index contributed by atoms with van der Waals surface area (Å²) < 4.78 is 12.8. The number of likely N-dealkylation sites (tertiary alicyclic amines) is 1. The van der Waals surface area contributed by atoms with Gasteiger partial charge in [0.15, 0.2) is 0 Å². The summed E-state index contributed by atoms with van der Waals surface area (Å²) >= 11 is 0. The highest BCUT2D eigenvalue weighted by Gasteiger charge is 2.71. The molecule has 3 amide bonds. The van der Waals surface area contributed by atoms with Crippen molar-refractivity contribution in [1.82, 2.24) is 15.1 Å². The summed E-state index contributed by atoms with van der Waals surface area (Å²) in [5, 5.41) is 12.5. The number of fused-ring (bicyclic) bond motifs is 2. The molecule has 0 saturated carbocycles.